The highest BCUT2D eigenvalue weighted by atomic mass is 79.9. The van der Waals surface area contributed by atoms with Crippen molar-refractivity contribution in [3.63, 3.8) is 0 Å². The highest BCUT2D eigenvalue weighted by Gasteiger charge is 2.14. The minimum absolute atomic E-state index is 0.238. The summed E-state index contributed by atoms with van der Waals surface area (Å²) < 4.78 is 1.86. The van der Waals surface area contributed by atoms with Crippen LogP contribution < -0.4 is 5.32 Å². The molecule has 0 saturated carbocycles. The Hall–Kier alpha value is -1.70. The van der Waals surface area contributed by atoms with Gasteiger partial charge in [-0.05, 0) is 64.5 Å². The molecule has 0 fully saturated rings. The van der Waals surface area contributed by atoms with Crippen LogP contribution in [0.3, 0.4) is 0 Å². The molecule has 3 rings (SSSR count). The second-order valence-electron chi connectivity index (χ2n) is 4.73. The van der Waals surface area contributed by atoms with Crippen LogP contribution in [0.5, 0.6) is 0 Å². The summed E-state index contributed by atoms with van der Waals surface area (Å²) in [4.78, 5) is 22.0. The van der Waals surface area contributed by atoms with Crippen LogP contribution in [-0.2, 0) is 0 Å². The standard InChI is InChI=1S/C17H11Br2N3OS/c18-11-3-6-13(7-4-11)24-17-14(2-1-9-20-17)16(23)22-15-8-5-12(19)10-21-15/h1-10H,(H,21,22,23). The zero-order valence-corrected chi connectivity index (χ0v) is 16.2. The van der Waals surface area contributed by atoms with Crippen LogP contribution in [0, 0.1) is 0 Å². The summed E-state index contributed by atoms with van der Waals surface area (Å²) in [7, 11) is 0. The fourth-order valence-corrected chi connectivity index (χ4v) is 3.27. The van der Waals surface area contributed by atoms with Gasteiger partial charge in [0, 0.05) is 26.2 Å². The number of carbonyl (C=O) groups excluding carboxylic acids is 1. The van der Waals surface area contributed by atoms with E-state index in [2.05, 4.69) is 47.1 Å². The van der Waals surface area contributed by atoms with Gasteiger partial charge in [0.15, 0.2) is 0 Å². The van der Waals surface area contributed by atoms with Gasteiger partial charge in [0.2, 0.25) is 0 Å². The number of carbonyl (C=O) groups is 1. The predicted molar refractivity (Wildman–Crippen MR) is 102 cm³/mol. The summed E-state index contributed by atoms with van der Waals surface area (Å²) in [6.07, 6.45) is 3.31. The number of hydrogen-bond donors (Lipinski definition) is 1. The molecule has 1 aromatic carbocycles. The summed E-state index contributed by atoms with van der Waals surface area (Å²) >= 11 is 8.17. The van der Waals surface area contributed by atoms with E-state index < -0.39 is 0 Å². The van der Waals surface area contributed by atoms with Crippen LogP contribution in [0.2, 0.25) is 0 Å². The molecule has 1 N–H and O–H groups in total. The fraction of sp³-hybridized carbons (Fsp3) is 0. The van der Waals surface area contributed by atoms with Crippen molar-refractivity contribution in [2.24, 2.45) is 0 Å². The predicted octanol–water partition coefficient (Wildman–Crippen LogP) is 5.41. The maximum absolute atomic E-state index is 12.5. The van der Waals surface area contributed by atoms with Gasteiger partial charge in [-0.2, -0.15) is 0 Å². The van der Waals surface area contributed by atoms with Crippen molar-refractivity contribution in [3.8, 4) is 0 Å². The Bertz CT molecular complexity index is 854. The second kappa shape index (κ2) is 7.92. The molecule has 0 saturated heterocycles. The molecule has 0 atom stereocenters. The molecular formula is C17H11Br2N3OS. The third kappa shape index (κ3) is 4.43. The maximum Gasteiger partial charge on any atom is 0.259 e. The molecule has 0 aliphatic rings. The number of halogens is 2. The number of nitrogens with one attached hydrogen (secondary N) is 1. The first-order valence-corrected chi connectivity index (χ1v) is 9.33. The summed E-state index contributed by atoms with van der Waals surface area (Å²) in [5.74, 6) is 0.254. The molecular weight excluding hydrogens is 454 g/mol. The van der Waals surface area contributed by atoms with Crippen molar-refractivity contribution >= 4 is 55.3 Å². The molecule has 4 nitrogen and oxygen atoms in total. The van der Waals surface area contributed by atoms with Gasteiger partial charge in [-0.3, -0.25) is 4.79 Å². The van der Waals surface area contributed by atoms with Gasteiger partial charge in [0.05, 0.1) is 5.56 Å². The van der Waals surface area contributed by atoms with Crippen LogP contribution in [0.1, 0.15) is 10.4 Å². The lowest BCUT2D eigenvalue weighted by Crippen LogP contribution is -2.14. The Balaban J connectivity index is 1.81. The van der Waals surface area contributed by atoms with Crippen molar-refractivity contribution in [2.75, 3.05) is 5.32 Å². The largest absolute Gasteiger partial charge is 0.306 e. The minimum atomic E-state index is -0.238. The lowest BCUT2D eigenvalue weighted by Gasteiger charge is -2.09. The molecule has 7 heteroatoms. The quantitative estimate of drug-likeness (QED) is 0.561. The van der Waals surface area contributed by atoms with E-state index in [1.807, 2.05) is 30.3 Å². The van der Waals surface area contributed by atoms with Gasteiger partial charge >= 0.3 is 0 Å². The maximum atomic E-state index is 12.5. The second-order valence-corrected chi connectivity index (χ2v) is 7.62. The minimum Gasteiger partial charge on any atom is -0.306 e. The van der Waals surface area contributed by atoms with Crippen molar-refractivity contribution in [1.82, 2.24) is 9.97 Å². The van der Waals surface area contributed by atoms with Gasteiger partial charge in [-0.25, -0.2) is 9.97 Å². The van der Waals surface area contributed by atoms with Crippen LogP contribution in [0.4, 0.5) is 5.82 Å². The molecule has 0 aliphatic carbocycles. The molecule has 2 heterocycles. The van der Waals surface area contributed by atoms with Crippen LogP contribution in [-0.4, -0.2) is 15.9 Å². The zero-order chi connectivity index (χ0) is 16.9. The van der Waals surface area contributed by atoms with Gasteiger partial charge < -0.3 is 5.32 Å². The third-order valence-electron chi connectivity index (χ3n) is 3.01. The van der Waals surface area contributed by atoms with E-state index in [1.165, 1.54) is 11.8 Å². The number of aromatic nitrogens is 2. The van der Waals surface area contributed by atoms with E-state index in [9.17, 15) is 4.79 Å². The van der Waals surface area contributed by atoms with E-state index in [1.54, 1.807) is 30.6 Å². The number of pyridine rings is 2. The molecule has 0 radical (unpaired) electrons. The van der Waals surface area contributed by atoms with E-state index in [0.29, 0.717) is 16.4 Å². The smallest absolute Gasteiger partial charge is 0.259 e. The fourth-order valence-electron chi connectivity index (χ4n) is 1.89. The first kappa shape index (κ1) is 17.1. The van der Waals surface area contributed by atoms with Crippen LogP contribution >= 0.6 is 43.6 Å². The Kier molecular flexibility index (Phi) is 5.65. The van der Waals surface area contributed by atoms with Crippen LogP contribution in [0.25, 0.3) is 0 Å². The Labute approximate surface area is 160 Å². The zero-order valence-electron chi connectivity index (χ0n) is 12.2. The van der Waals surface area contributed by atoms with E-state index in [0.717, 1.165) is 13.8 Å². The van der Waals surface area contributed by atoms with Crippen molar-refractivity contribution in [3.05, 3.63) is 75.4 Å². The van der Waals surface area contributed by atoms with Gasteiger partial charge in [0.1, 0.15) is 10.8 Å². The van der Waals surface area contributed by atoms with Crippen molar-refractivity contribution in [1.29, 1.82) is 0 Å². The summed E-state index contributed by atoms with van der Waals surface area (Å²) in [5.41, 5.74) is 0.509. The number of anilines is 1. The Morgan fingerprint density at radius 2 is 1.71 bits per heavy atom. The number of hydrogen-bond acceptors (Lipinski definition) is 4. The van der Waals surface area contributed by atoms with Crippen molar-refractivity contribution in [2.45, 2.75) is 9.92 Å². The van der Waals surface area contributed by atoms with E-state index in [-0.39, 0.29) is 5.91 Å². The first-order valence-electron chi connectivity index (χ1n) is 6.93. The molecule has 120 valence electrons. The van der Waals surface area contributed by atoms with Gasteiger partial charge in [0.25, 0.3) is 5.91 Å². The SMILES string of the molecule is O=C(Nc1ccc(Br)cn1)c1cccnc1Sc1ccc(Br)cc1. The van der Waals surface area contributed by atoms with Gasteiger partial charge in [-0.15, -0.1) is 0 Å². The molecule has 0 bridgehead atoms. The van der Waals surface area contributed by atoms with Gasteiger partial charge in [-0.1, -0.05) is 27.7 Å². The molecule has 0 unspecified atom stereocenters. The molecule has 3 aromatic rings. The normalized spacial score (nSPS) is 10.4. The summed E-state index contributed by atoms with van der Waals surface area (Å²) in [6, 6.07) is 14.9. The molecule has 2 aromatic heterocycles. The average Bonchev–Trinajstić information content (AvgIpc) is 2.59. The summed E-state index contributed by atoms with van der Waals surface area (Å²) in [5, 5.41) is 3.44. The average molecular weight is 465 g/mol. The number of benzene rings is 1. The number of amides is 1. The highest BCUT2D eigenvalue weighted by molar-refractivity contribution is 9.10. The molecule has 0 aliphatic heterocycles. The van der Waals surface area contributed by atoms with E-state index >= 15 is 0 Å². The van der Waals surface area contributed by atoms with E-state index in [4.69, 9.17) is 0 Å². The monoisotopic (exact) mass is 463 g/mol. The molecule has 24 heavy (non-hydrogen) atoms. The molecule has 1 amide bonds. The Morgan fingerprint density at radius 1 is 0.958 bits per heavy atom. The number of rotatable bonds is 4. The third-order valence-corrected chi connectivity index (χ3v) is 5.04. The first-order chi connectivity index (χ1) is 11.6. The van der Waals surface area contributed by atoms with Crippen molar-refractivity contribution < 1.29 is 4.79 Å². The topological polar surface area (TPSA) is 54.9 Å². The molecule has 0 spiro atoms. The Morgan fingerprint density at radius 3 is 2.42 bits per heavy atom. The lowest BCUT2D eigenvalue weighted by atomic mass is 10.2. The lowest BCUT2D eigenvalue weighted by molar-refractivity contribution is 0.102. The highest BCUT2D eigenvalue weighted by Crippen LogP contribution is 2.29. The number of nitrogens with zero attached hydrogens (tertiary/aromatic N) is 2. The van der Waals surface area contributed by atoms with Crippen LogP contribution in [0.15, 0.2) is 79.8 Å². The summed E-state index contributed by atoms with van der Waals surface area (Å²) in [6.45, 7) is 0.